The molecule has 0 fully saturated rings. The number of fused-ring (bicyclic) bond motifs is 12. The summed E-state index contributed by atoms with van der Waals surface area (Å²) in [7, 11) is -3.47. The summed E-state index contributed by atoms with van der Waals surface area (Å²) in [5, 5.41) is 12.6. The van der Waals surface area contributed by atoms with Crippen molar-refractivity contribution in [2.24, 2.45) is 0 Å². The number of aromatic nitrogens is 6. The first-order chi connectivity index (χ1) is 32.3. The van der Waals surface area contributed by atoms with E-state index < -0.39 is 8.07 Å². The number of rotatable bonds is 6. The summed E-state index contributed by atoms with van der Waals surface area (Å²) in [5.41, 5.74) is 9.42. The molecule has 0 saturated heterocycles. The van der Waals surface area contributed by atoms with Gasteiger partial charge in [-0.15, -0.1) is 0 Å². The van der Waals surface area contributed by atoms with E-state index in [1.165, 1.54) is 10.8 Å². The van der Waals surface area contributed by atoms with Crippen LogP contribution in [0, 0.1) is 0 Å². The minimum Gasteiger partial charge on any atom is -0.455 e. The van der Waals surface area contributed by atoms with E-state index in [2.05, 4.69) is 189 Å². The molecule has 14 aromatic rings. The van der Waals surface area contributed by atoms with Crippen LogP contribution in [0.3, 0.4) is 0 Å². The van der Waals surface area contributed by atoms with Crippen LogP contribution in [0.15, 0.2) is 216 Å². The lowest BCUT2D eigenvalue weighted by Gasteiger charge is -2.31. The Morgan fingerprint density at radius 3 is 1.25 bits per heavy atom. The number of para-hydroxylation sites is 2. The quantitative estimate of drug-likeness (QED) is 0.155. The van der Waals surface area contributed by atoms with Gasteiger partial charge < -0.3 is 18.0 Å². The predicted molar refractivity (Wildman–Crippen MR) is 264 cm³/mol. The van der Waals surface area contributed by atoms with Gasteiger partial charge in [-0.05, 0) is 83.2 Å². The summed E-state index contributed by atoms with van der Waals surface area (Å²) in [4.78, 5) is 19.8. The van der Waals surface area contributed by atoms with E-state index in [0.717, 1.165) is 109 Å². The Bertz CT molecular complexity index is 3830. The van der Waals surface area contributed by atoms with Gasteiger partial charge in [0, 0.05) is 79.3 Å². The van der Waals surface area contributed by atoms with Gasteiger partial charge in [0.05, 0.1) is 45.1 Å². The number of nitrogens with zero attached hydrogens (tertiary/aromatic N) is 6. The monoisotopic (exact) mass is 850 g/mol. The van der Waals surface area contributed by atoms with Crippen molar-refractivity contribution in [3.8, 4) is 11.4 Å². The minimum atomic E-state index is -3.47. The molecule has 0 unspecified atom stereocenters. The molecule has 0 bridgehead atoms. The van der Waals surface area contributed by atoms with E-state index in [-0.39, 0.29) is 0 Å². The highest BCUT2D eigenvalue weighted by Gasteiger charge is 2.49. The molecule has 9 heteroatoms. The first kappa shape index (κ1) is 35.9. The number of furan rings is 2. The second-order valence-corrected chi connectivity index (χ2v) is 20.2. The third-order valence-corrected chi connectivity index (χ3v) is 17.9. The van der Waals surface area contributed by atoms with Crippen molar-refractivity contribution in [3.05, 3.63) is 207 Å². The van der Waals surface area contributed by atoms with Crippen molar-refractivity contribution in [2.45, 2.75) is 0 Å². The van der Waals surface area contributed by atoms with E-state index in [9.17, 15) is 0 Å². The summed E-state index contributed by atoms with van der Waals surface area (Å²) in [5.74, 6) is 0. The highest BCUT2D eigenvalue weighted by atomic mass is 28.3. The topological polar surface area (TPSA) is 87.7 Å². The zero-order chi connectivity index (χ0) is 42.6. The molecule has 0 saturated carbocycles. The van der Waals surface area contributed by atoms with Gasteiger partial charge in [-0.3, -0.25) is 19.9 Å². The number of pyridine rings is 4. The number of hydrogen-bond donors (Lipinski definition) is 0. The Morgan fingerprint density at radius 1 is 0.354 bits per heavy atom. The standard InChI is InChI=1S/C56H34N6O2Si/c1-3-11-37(12-4-1)65(38-13-5-2-6-14-38,55-53-43(25-29-59-55)45-31-35(19-21-51(45)63-53)61-47-17-9-7-15-39(47)41-23-27-57-33-49(41)61)56-54-44(26-30-60-56)46-32-36(20-22-52(46)64-54)62-48-18-10-8-16-40(48)42-24-28-58-34-50(42)62/h1-34H. The fourth-order valence-corrected chi connectivity index (χ4v) is 15.2. The van der Waals surface area contributed by atoms with Crippen molar-refractivity contribution in [3.63, 3.8) is 0 Å². The molecule has 0 spiro atoms. The molecule has 0 radical (unpaired) electrons. The average Bonchev–Trinajstić information content (AvgIpc) is 4.13. The Morgan fingerprint density at radius 2 is 0.769 bits per heavy atom. The summed E-state index contributed by atoms with van der Waals surface area (Å²) in [6.45, 7) is 0. The van der Waals surface area contributed by atoms with Crippen LogP contribution in [0.2, 0.25) is 0 Å². The second-order valence-electron chi connectivity index (χ2n) is 16.6. The maximum absolute atomic E-state index is 7.08. The fourth-order valence-electron chi connectivity index (χ4n) is 10.6. The highest BCUT2D eigenvalue weighted by Crippen LogP contribution is 2.37. The number of benzene rings is 6. The van der Waals surface area contributed by atoms with Crippen molar-refractivity contribution in [2.75, 3.05) is 0 Å². The van der Waals surface area contributed by atoms with Crippen LogP contribution in [0.4, 0.5) is 0 Å². The van der Waals surface area contributed by atoms with Crippen LogP contribution in [0.1, 0.15) is 0 Å². The predicted octanol–water partition coefficient (Wildman–Crippen LogP) is 10.6. The van der Waals surface area contributed by atoms with Gasteiger partial charge in [-0.2, -0.15) is 0 Å². The SMILES string of the molecule is c1ccc([Si](c2ccccc2)(c2nccc3c2oc2ccc(-n4c5ccccc5c5ccncc54)cc23)c2nccc3c2oc2ccc(-n4c5ccccc5c5ccncc54)cc23)cc1. The summed E-state index contributed by atoms with van der Waals surface area (Å²) >= 11 is 0. The Hall–Kier alpha value is -8.66. The molecule has 0 atom stereocenters. The van der Waals surface area contributed by atoms with Gasteiger partial charge in [-0.25, -0.2) is 0 Å². The lowest BCUT2D eigenvalue weighted by molar-refractivity contribution is 0.669. The molecular weight excluding hydrogens is 817 g/mol. The lowest BCUT2D eigenvalue weighted by atomic mass is 10.1. The fraction of sp³-hybridized carbons (Fsp3) is 0. The first-order valence-corrected chi connectivity index (χ1v) is 23.7. The zero-order valence-electron chi connectivity index (χ0n) is 34.6. The summed E-state index contributed by atoms with van der Waals surface area (Å²) < 4.78 is 18.8. The molecule has 65 heavy (non-hydrogen) atoms. The van der Waals surface area contributed by atoms with Crippen molar-refractivity contribution in [1.82, 2.24) is 29.1 Å². The molecule has 8 aromatic heterocycles. The van der Waals surface area contributed by atoms with Gasteiger partial charge in [0.15, 0.2) is 11.2 Å². The first-order valence-electron chi connectivity index (χ1n) is 21.7. The summed E-state index contributed by atoms with van der Waals surface area (Å²) in [6, 6.07) is 59.7. The van der Waals surface area contributed by atoms with Crippen LogP contribution < -0.4 is 21.0 Å². The largest absolute Gasteiger partial charge is 0.455 e. The normalized spacial score (nSPS) is 12.3. The van der Waals surface area contributed by atoms with E-state index >= 15 is 0 Å². The van der Waals surface area contributed by atoms with Gasteiger partial charge in [0.2, 0.25) is 8.07 Å². The van der Waals surface area contributed by atoms with Gasteiger partial charge >= 0.3 is 0 Å². The third kappa shape index (κ3) is 5.01. The number of hydrogen-bond acceptors (Lipinski definition) is 6. The van der Waals surface area contributed by atoms with Crippen LogP contribution >= 0.6 is 0 Å². The molecule has 6 aromatic carbocycles. The van der Waals surface area contributed by atoms with Crippen LogP contribution in [0.25, 0.3) is 98.9 Å². The molecule has 0 aliphatic carbocycles. The molecule has 14 rings (SSSR count). The van der Waals surface area contributed by atoms with Gasteiger partial charge in [-0.1, -0.05) is 97.1 Å². The van der Waals surface area contributed by atoms with Crippen molar-refractivity contribution < 1.29 is 8.83 Å². The molecule has 8 heterocycles. The maximum Gasteiger partial charge on any atom is 0.233 e. The van der Waals surface area contributed by atoms with E-state index in [1.54, 1.807) is 0 Å². The Labute approximate surface area is 371 Å². The molecule has 0 aliphatic heterocycles. The van der Waals surface area contributed by atoms with E-state index in [0.29, 0.717) is 0 Å². The molecule has 0 aliphatic rings. The van der Waals surface area contributed by atoms with Crippen LogP contribution in [-0.2, 0) is 0 Å². The second kappa shape index (κ2) is 13.7. The summed E-state index contributed by atoms with van der Waals surface area (Å²) in [6.07, 6.45) is 11.5. The van der Waals surface area contributed by atoms with Crippen LogP contribution in [0.5, 0.6) is 0 Å². The zero-order valence-corrected chi connectivity index (χ0v) is 35.6. The van der Waals surface area contributed by atoms with E-state index in [1.807, 2.05) is 37.2 Å². The maximum atomic E-state index is 7.08. The lowest BCUT2D eigenvalue weighted by Crippen LogP contribution is -2.76. The highest BCUT2D eigenvalue weighted by molar-refractivity contribution is 7.20. The molecule has 8 nitrogen and oxygen atoms in total. The van der Waals surface area contributed by atoms with E-state index in [4.69, 9.17) is 18.8 Å². The van der Waals surface area contributed by atoms with Gasteiger partial charge in [0.1, 0.15) is 11.2 Å². The molecule has 0 N–H and O–H groups in total. The van der Waals surface area contributed by atoms with Crippen molar-refractivity contribution in [1.29, 1.82) is 0 Å². The van der Waals surface area contributed by atoms with Crippen molar-refractivity contribution >= 4 is 117 Å². The molecule has 304 valence electrons. The molecule has 0 amide bonds. The van der Waals surface area contributed by atoms with Crippen LogP contribution in [-0.4, -0.2) is 37.1 Å². The third-order valence-electron chi connectivity index (χ3n) is 13.3. The smallest absolute Gasteiger partial charge is 0.233 e. The minimum absolute atomic E-state index is 0.736. The Balaban J connectivity index is 1.04. The van der Waals surface area contributed by atoms with Gasteiger partial charge in [0.25, 0.3) is 0 Å². The molecular formula is C56H34N6O2Si. The Kier molecular flexibility index (Phi) is 7.54. The average molecular weight is 851 g/mol.